The van der Waals surface area contributed by atoms with Gasteiger partial charge in [0.2, 0.25) is 5.91 Å². The van der Waals surface area contributed by atoms with Gasteiger partial charge in [-0.1, -0.05) is 47.6 Å². The van der Waals surface area contributed by atoms with Crippen LogP contribution < -0.4 is 10.9 Å². The van der Waals surface area contributed by atoms with Crippen molar-refractivity contribution in [2.45, 2.75) is 36.8 Å². The first-order chi connectivity index (χ1) is 14.5. The first-order valence-electron chi connectivity index (χ1n) is 9.67. The molecule has 0 aliphatic heterocycles. The van der Waals surface area contributed by atoms with Crippen LogP contribution in [0, 0.1) is 0 Å². The zero-order valence-corrected chi connectivity index (χ0v) is 18.5. The normalized spacial score (nSPS) is 12.1. The summed E-state index contributed by atoms with van der Waals surface area (Å²) in [4.78, 5) is 30.3. The Bertz CT molecular complexity index is 1070. The largest absolute Gasteiger partial charge is 0.385 e. The van der Waals surface area contributed by atoms with Gasteiger partial charge in [-0.2, -0.15) is 0 Å². The Morgan fingerprint density at radius 3 is 2.70 bits per heavy atom. The van der Waals surface area contributed by atoms with E-state index in [0.717, 1.165) is 5.56 Å². The van der Waals surface area contributed by atoms with E-state index in [9.17, 15) is 9.59 Å². The zero-order valence-electron chi connectivity index (χ0n) is 16.9. The summed E-state index contributed by atoms with van der Waals surface area (Å²) >= 11 is 7.18. The number of hydrogen-bond donors (Lipinski definition) is 1. The van der Waals surface area contributed by atoms with E-state index in [1.807, 2.05) is 37.3 Å². The summed E-state index contributed by atoms with van der Waals surface area (Å²) in [6.45, 7) is 3.24. The van der Waals surface area contributed by atoms with Crippen molar-refractivity contribution in [1.82, 2.24) is 14.9 Å². The molecule has 30 heavy (non-hydrogen) atoms. The molecule has 2 aromatic carbocycles. The predicted molar refractivity (Wildman–Crippen MR) is 121 cm³/mol. The molecule has 0 saturated carbocycles. The lowest BCUT2D eigenvalue weighted by molar-refractivity contribution is -0.120. The molecule has 0 aliphatic carbocycles. The number of benzene rings is 2. The summed E-state index contributed by atoms with van der Waals surface area (Å²) < 4.78 is 6.75. The van der Waals surface area contributed by atoms with Gasteiger partial charge >= 0.3 is 0 Å². The van der Waals surface area contributed by atoms with Gasteiger partial charge in [-0.05, 0) is 43.2 Å². The Morgan fingerprint density at radius 2 is 1.97 bits per heavy atom. The number of thioether (sulfide) groups is 1. The number of carbonyl (C=O) groups excluding carboxylic acids is 1. The molecule has 0 spiro atoms. The van der Waals surface area contributed by atoms with Crippen molar-refractivity contribution >= 4 is 40.2 Å². The van der Waals surface area contributed by atoms with E-state index in [2.05, 4.69) is 10.3 Å². The second kappa shape index (κ2) is 10.6. The van der Waals surface area contributed by atoms with Crippen LogP contribution in [0.2, 0.25) is 5.02 Å². The number of nitrogens with one attached hydrogen (secondary N) is 1. The van der Waals surface area contributed by atoms with E-state index >= 15 is 0 Å². The molecule has 1 unspecified atom stereocenters. The van der Waals surface area contributed by atoms with Crippen LogP contribution in [0.25, 0.3) is 10.9 Å². The molecule has 8 heteroatoms. The number of aromatic nitrogens is 2. The van der Waals surface area contributed by atoms with Crippen LogP contribution in [0.5, 0.6) is 0 Å². The topological polar surface area (TPSA) is 73.2 Å². The summed E-state index contributed by atoms with van der Waals surface area (Å²) in [7, 11) is 1.63. The van der Waals surface area contributed by atoms with E-state index in [1.54, 1.807) is 29.9 Å². The third kappa shape index (κ3) is 5.62. The molecule has 3 rings (SSSR count). The van der Waals surface area contributed by atoms with E-state index in [1.165, 1.54) is 11.8 Å². The summed E-state index contributed by atoms with van der Waals surface area (Å²) in [5.41, 5.74) is 1.49. The Hall–Kier alpha value is -2.35. The fraction of sp³-hybridized carbons (Fsp3) is 0.318. The second-order valence-corrected chi connectivity index (χ2v) is 8.56. The minimum Gasteiger partial charge on any atom is -0.385 e. The van der Waals surface area contributed by atoms with E-state index in [4.69, 9.17) is 16.3 Å². The third-order valence-corrected chi connectivity index (χ3v) is 5.93. The van der Waals surface area contributed by atoms with Gasteiger partial charge in [0.1, 0.15) is 0 Å². The minimum absolute atomic E-state index is 0.104. The molecule has 158 valence electrons. The molecule has 1 N–H and O–H groups in total. The SMILES string of the molecule is COCCCn1c(SC(C)C(=O)NCc2ccc(Cl)cc2)nc2ccccc2c1=O. The number of carbonyl (C=O) groups is 1. The minimum atomic E-state index is -0.418. The van der Waals surface area contributed by atoms with Crippen LogP contribution in [0.1, 0.15) is 18.9 Å². The summed E-state index contributed by atoms with van der Waals surface area (Å²) in [6, 6.07) is 14.6. The molecular formula is C22H24ClN3O3S. The van der Waals surface area contributed by atoms with E-state index in [0.29, 0.717) is 47.2 Å². The van der Waals surface area contributed by atoms with Crippen molar-refractivity contribution in [3.8, 4) is 0 Å². The molecule has 1 atom stereocenters. The number of hydrogen-bond acceptors (Lipinski definition) is 5. The zero-order chi connectivity index (χ0) is 21.5. The molecule has 0 bridgehead atoms. The molecule has 1 heterocycles. The number of amides is 1. The maximum absolute atomic E-state index is 13.0. The van der Waals surface area contributed by atoms with Crippen molar-refractivity contribution in [2.75, 3.05) is 13.7 Å². The van der Waals surface area contributed by atoms with Crippen LogP contribution >= 0.6 is 23.4 Å². The molecule has 0 aliphatic rings. The van der Waals surface area contributed by atoms with E-state index < -0.39 is 5.25 Å². The standard InChI is InChI=1S/C22H24ClN3O3S/c1-15(20(27)24-14-16-8-10-17(23)11-9-16)30-22-25-19-7-4-3-6-18(19)21(28)26(22)12-5-13-29-2/h3-4,6-11,15H,5,12-14H2,1-2H3,(H,24,27). The van der Waals surface area contributed by atoms with Crippen molar-refractivity contribution in [3.63, 3.8) is 0 Å². The average Bonchev–Trinajstić information content (AvgIpc) is 2.75. The third-order valence-electron chi connectivity index (χ3n) is 4.59. The van der Waals surface area contributed by atoms with Gasteiger partial charge in [0, 0.05) is 31.8 Å². The van der Waals surface area contributed by atoms with Crippen LogP contribution in [-0.2, 0) is 22.6 Å². The van der Waals surface area contributed by atoms with Gasteiger partial charge < -0.3 is 10.1 Å². The number of methoxy groups -OCH3 is 1. The molecule has 0 radical (unpaired) electrons. The number of rotatable bonds is 9. The molecular weight excluding hydrogens is 422 g/mol. The van der Waals surface area contributed by atoms with Crippen LogP contribution in [0.4, 0.5) is 0 Å². The Kier molecular flexibility index (Phi) is 7.90. The smallest absolute Gasteiger partial charge is 0.262 e. The molecule has 1 amide bonds. The number of ether oxygens (including phenoxy) is 1. The maximum Gasteiger partial charge on any atom is 0.262 e. The van der Waals surface area contributed by atoms with Crippen molar-refractivity contribution < 1.29 is 9.53 Å². The van der Waals surface area contributed by atoms with Crippen LogP contribution in [0.15, 0.2) is 58.5 Å². The van der Waals surface area contributed by atoms with Crippen LogP contribution in [0.3, 0.4) is 0 Å². The molecule has 1 aromatic heterocycles. The number of halogens is 1. The highest BCUT2D eigenvalue weighted by Gasteiger charge is 2.19. The lowest BCUT2D eigenvalue weighted by Gasteiger charge is -2.16. The fourth-order valence-electron chi connectivity index (χ4n) is 2.95. The number of fused-ring (bicyclic) bond motifs is 1. The van der Waals surface area contributed by atoms with Gasteiger partial charge in [0.05, 0.1) is 16.2 Å². The predicted octanol–water partition coefficient (Wildman–Crippen LogP) is 3.88. The summed E-state index contributed by atoms with van der Waals surface area (Å²) in [5, 5.41) is 4.26. The highest BCUT2D eigenvalue weighted by Crippen LogP contribution is 2.23. The highest BCUT2D eigenvalue weighted by molar-refractivity contribution is 8.00. The Balaban J connectivity index is 1.76. The summed E-state index contributed by atoms with van der Waals surface area (Å²) in [6.07, 6.45) is 0.682. The van der Waals surface area contributed by atoms with Gasteiger partial charge in [-0.25, -0.2) is 4.98 Å². The lowest BCUT2D eigenvalue weighted by atomic mass is 10.2. The highest BCUT2D eigenvalue weighted by atomic mass is 35.5. The average molecular weight is 446 g/mol. The lowest BCUT2D eigenvalue weighted by Crippen LogP contribution is -2.31. The van der Waals surface area contributed by atoms with Gasteiger partial charge in [-0.3, -0.25) is 14.2 Å². The Labute approximate surface area is 184 Å². The molecule has 0 saturated heterocycles. The number of para-hydroxylation sites is 1. The second-order valence-electron chi connectivity index (χ2n) is 6.82. The van der Waals surface area contributed by atoms with Gasteiger partial charge in [0.15, 0.2) is 5.16 Å². The van der Waals surface area contributed by atoms with Crippen molar-refractivity contribution in [3.05, 3.63) is 69.5 Å². The van der Waals surface area contributed by atoms with Gasteiger partial charge in [0.25, 0.3) is 5.56 Å². The molecule has 0 fully saturated rings. The first kappa shape index (κ1) is 22.3. The molecule has 6 nitrogen and oxygen atoms in total. The Morgan fingerprint density at radius 1 is 1.23 bits per heavy atom. The number of nitrogens with zero attached hydrogens (tertiary/aromatic N) is 2. The first-order valence-corrected chi connectivity index (χ1v) is 10.9. The quantitative estimate of drug-likeness (QED) is 0.307. The summed E-state index contributed by atoms with van der Waals surface area (Å²) in [5.74, 6) is -0.124. The van der Waals surface area contributed by atoms with Crippen LogP contribution in [-0.4, -0.2) is 34.4 Å². The maximum atomic E-state index is 13.0. The van der Waals surface area contributed by atoms with Crippen molar-refractivity contribution in [1.29, 1.82) is 0 Å². The molecule has 3 aromatic rings. The monoisotopic (exact) mass is 445 g/mol. The van der Waals surface area contributed by atoms with Gasteiger partial charge in [-0.15, -0.1) is 0 Å². The van der Waals surface area contributed by atoms with Crippen molar-refractivity contribution in [2.24, 2.45) is 0 Å². The fourth-order valence-corrected chi connectivity index (χ4v) is 4.03. The van der Waals surface area contributed by atoms with E-state index in [-0.39, 0.29) is 11.5 Å².